The van der Waals surface area contributed by atoms with Crippen molar-refractivity contribution in [3.8, 4) is 17.0 Å². The number of nitrogens with one attached hydrogen (secondary N) is 1. The van der Waals surface area contributed by atoms with Crippen molar-refractivity contribution < 1.29 is 4.74 Å². The van der Waals surface area contributed by atoms with Crippen LogP contribution >= 0.6 is 0 Å². The Morgan fingerprint density at radius 2 is 2.26 bits per heavy atom. The van der Waals surface area contributed by atoms with Gasteiger partial charge in [0, 0.05) is 24.7 Å². The zero-order chi connectivity index (χ0) is 13.2. The van der Waals surface area contributed by atoms with Gasteiger partial charge in [0.1, 0.15) is 5.75 Å². The molecule has 2 aromatic rings. The Morgan fingerprint density at radius 1 is 1.37 bits per heavy atom. The van der Waals surface area contributed by atoms with Crippen LogP contribution in [-0.2, 0) is 6.42 Å². The largest absolute Gasteiger partial charge is 0.493 e. The highest BCUT2D eigenvalue weighted by Crippen LogP contribution is 2.31. The highest BCUT2D eigenvalue weighted by molar-refractivity contribution is 5.66. The van der Waals surface area contributed by atoms with E-state index >= 15 is 0 Å². The number of rotatable bonds is 3. The summed E-state index contributed by atoms with van der Waals surface area (Å²) in [7, 11) is 0. The van der Waals surface area contributed by atoms with E-state index in [4.69, 9.17) is 4.74 Å². The molecule has 3 rings (SSSR count). The molecule has 0 saturated carbocycles. The van der Waals surface area contributed by atoms with E-state index in [1.807, 2.05) is 26.1 Å². The van der Waals surface area contributed by atoms with Crippen LogP contribution in [0.5, 0.6) is 5.75 Å². The molecule has 0 spiro atoms. The number of fused-ring (bicyclic) bond motifs is 1. The van der Waals surface area contributed by atoms with Crippen LogP contribution in [0.3, 0.4) is 0 Å². The summed E-state index contributed by atoms with van der Waals surface area (Å²) >= 11 is 0. The molecule has 19 heavy (non-hydrogen) atoms. The summed E-state index contributed by atoms with van der Waals surface area (Å²) in [4.78, 5) is 8.87. The molecule has 0 fully saturated rings. The second-order valence-corrected chi connectivity index (χ2v) is 4.68. The van der Waals surface area contributed by atoms with Crippen LogP contribution in [0.2, 0.25) is 0 Å². The third-order valence-electron chi connectivity index (χ3n) is 3.27. The normalized spacial score (nSPS) is 12.9. The summed E-state index contributed by atoms with van der Waals surface area (Å²) in [5.41, 5.74) is 4.46. The molecular weight excluding hydrogens is 238 g/mol. The smallest absolute Gasteiger partial charge is 0.223 e. The standard InChI is InChI=1S/C15H17N3O/c1-3-16-15-17-9-10(2)14(18-15)12-4-5-13-11(8-12)6-7-19-13/h4-5,8-9H,3,6-7H2,1-2H3,(H,16,17,18). The SMILES string of the molecule is CCNc1ncc(C)c(-c2ccc3c(c2)CCO3)n1. The van der Waals surface area contributed by atoms with Crippen LogP contribution in [-0.4, -0.2) is 23.1 Å². The Labute approximate surface area is 112 Å². The molecule has 0 bridgehead atoms. The van der Waals surface area contributed by atoms with E-state index in [1.54, 1.807) is 0 Å². The van der Waals surface area contributed by atoms with Crippen molar-refractivity contribution in [1.82, 2.24) is 9.97 Å². The van der Waals surface area contributed by atoms with Crippen LogP contribution in [0, 0.1) is 6.92 Å². The van der Waals surface area contributed by atoms with E-state index in [9.17, 15) is 0 Å². The van der Waals surface area contributed by atoms with Gasteiger partial charge < -0.3 is 10.1 Å². The highest BCUT2D eigenvalue weighted by atomic mass is 16.5. The molecule has 2 heterocycles. The van der Waals surface area contributed by atoms with Gasteiger partial charge in [0.05, 0.1) is 12.3 Å². The first-order valence-corrected chi connectivity index (χ1v) is 6.61. The fourth-order valence-corrected chi connectivity index (χ4v) is 2.31. The molecule has 1 aliphatic heterocycles. The maximum absolute atomic E-state index is 5.54. The molecule has 1 aromatic carbocycles. The number of benzene rings is 1. The summed E-state index contributed by atoms with van der Waals surface area (Å²) < 4.78 is 5.54. The Hall–Kier alpha value is -2.10. The van der Waals surface area contributed by atoms with E-state index in [2.05, 4.69) is 27.4 Å². The van der Waals surface area contributed by atoms with E-state index in [1.165, 1.54) is 5.56 Å². The summed E-state index contributed by atoms with van der Waals surface area (Å²) in [6, 6.07) is 6.27. The van der Waals surface area contributed by atoms with Crippen molar-refractivity contribution in [2.45, 2.75) is 20.3 Å². The van der Waals surface area contributed by atoms with Crippen LogP contribution in [0.25, 0.3) is 11.3 Å². The fourth-order valence-electron chi connectivity index (χ4n) is 2.31. The monoisotopic (exact) mass is 255 g/mol. The lowest BCUT2D eigenvalue weighted by atomic mass is 10.0. The Balaban J connectivity index is 2.03. The minimum atomic E-state index is 0.680. The molecule has 0 unspecified atom stereocenters. The summed E-state index contributed by atoms with van der Waals surface area (Å²) in [6.45, 7) is 5.68. The first-order chi connectivity index (χ1) is 9.28. The summed E-state index contributed by atoms with van der Waals surface area (Å²) in [6.07, 6.45) is 2.84. The van der Waals surface area contributed by atoms with Gasteiger partial charge in [0.2, 0.25) is 5.95 Å². The van der Waals surface area contributed by atoms with E-state index in [0.717, 1.165) is 42.1 Å². The number of nitrogens with zero attached hydrogens (tertiary/aromatic N) is 2. The molecule has 0 saturated heterocycles. The van der Waals surface area contributed by atoms with Gasteiger partial charge in [0.15, 0.2) is 0 Å². The lowest BCUT2D eigenvalue weighted by molar-refractivity contribution is 0.357. The minimum absolute atomic E-state index is 0.680. The van der Waals surface area contributed by atoms with E-state index in [0.29, 0.717) is 5.95 Å². The first kappa shape index (κ1) is 12.0. The molecular formula is C15H17N3O. The Kier molecular flexibility index (Phi) is 3.07. The topological polar surface area (TPSA) is 47.0 Å². The van der Waals surface area contributed by atoms with Gasteiger partial charge in [-0.2, -0.15) is 0 Å². The molecule has 0 atom stereocenters. The first-order valence-electron chi connectivity index (χ1n) is 6.61. The molecule has 0 aliphatic carbocycles. The maximum Gasteiger partial charge on any atom is 0.223 e. The molecule has 4 heteroatoms. The number of aryl methyl sites for hydroxylation is 1. The lowest BCUT2D eigenvalue weighted by Crippen LogP contribution is -2.03. The van der Waals surface area contributed by atoms with Gasteiger partial charge in [-0.1, -0.05) is 0 Å². The number of hydrogen-bond acceptors (Lipinski definition) is 4. The van der Waals surface area contributed by atoms with Crippen molar-refractivity contribution in [3.63, 3.8) is 0 Å². The average Bonchev–Trinajstić information content (AvgIpc) is 2.88. The molecule has 1 aromatic heterocycles. The van der Waals surface area contributed by atoms with Crippen molar-refractivity contribution in [1.29, 1.82) is 0 Å². The number of aromatic nitrogens is 2. The maximum atomic E-state index is 5.54. The minimum Gasteiger partial charge on any atom is -0.493 e. The van der Waals surface area contributed by atoms with Crippen molar-refractivity contribution in [2.75, 3.05) is 18.5 Å². The molecule has 1 aliphatic rings. The van der Waals surface area contributed by atoms with Gasteiger partial charge in [-0.3, -0.25) is 0 Å². The number of ether oxygens (including phenoxy) is 1. The van der Waals surface area contributed by atoms with Crippen LogP contribution in [0.15, 0.2) is 24.4 Å². The predicted octanol–water partition coefficient (Wildman–Crippen LogP) is 2.82. The third kappa shape index (κ3) is 2.26. The highest BCUT2D eigenvalue weighted by Gasteiger charge is 2.14. The van der Waals surface area contributed by atoms with Crippen LogP contribution in [0.1, 0.15) is 18.1 Å². The molecule has 98 valence electrons. The van der Waals surface area contributed by atoms with E-state index < -0.39 is 0 Å². The average molecular weight is 255 g/mol. The Morgan fingerprint density at radius 3 is 3.11 bits per heavy atom. The lowest BCUT2D eigenvalue weighted by Gasteiger charge is -2.09. The molecule has 0 radical (unpaired) electrons. The van der Waals surface area contributed by atoms with Crippen molar-refractivity contribution in [3.05, 3.63) is 35.5 Å². The molecule has 0 amide bonds. The zero-order valence-electron chi connectivity index (χ0n) is 11.2. The molecule has 1 N–H and O–H groups in total. The van der Waals surface area contributed by atoms with E-state index in [-0.39, 0.29) is 0 Å². The van der Waals surface area contributed by atoms with Crippen molar-refractivity contribution in [2.24, 2.45) is 0 Å². The second kappa shape index (κ2) is 4.88. The summed E-state index contributed by atoms with van der Waals surface area (Å²) in [5.74, 6) is 1.68. The Bertz CT molecular complexity index is 610. The number of anilines is 1. The van der Waals surface area contributed by atoms with Crippen LogP contribution in [0.4, 0.5) is 5.95 Å². The van der Waals surface area contributed by atoms with Crippen molar-refractivity contribution >= 4 is 5.95 Å². The summed E-state index contributed by atoms with van der Waals surface area (Å²) in [5, 5.41) is 3.15. The fraction of sp³-hybridized carbons (Fsp3) is 0.333. The van der Waals surface area contributed by atoms with Crippen LogP contribution < -0.4 is 10.1 Å². The van der Waals surface area contributed by atoms with Gasteiger partial charge in [-0.05, 0) is 43.2 Å². The number of hydrogen-bond donors (Lipinski definition) is 1. The second-order valence-electron chi connectivity index (χ2n) is 4.68. The molecule has 4 nitrogen and oxygen atoms in total. The third-order valence-corrected chi connectivity index (χ3v) is 3.27. The van der Waals surface area contributed by atoms with Gasteiger partial charge >= 0.3 is 0 Å². The quantitative estimate of drug-likeness (QED) is 0.916. The predicted molar refractivity (Wildman–Crippen MR) is 75.6 cm³/mol. The zero-order valence-corrected chi connectivity index (χ0v) is 11.2. The van der Waals surface area contributed by atoms with Gasteiger partial charge in [-0.15, -0.1) is 0 Å². The van der Waals surface area contributed by atoms with Gasteiger partial charge in [0.25, 0.3) is 0 Å². The van der Waals surface area contributed by atoms with Gasteiger partial charge in [-0.25, -0.2) is 9.97 Å².